The van der Waals surface area contributed by atoms with Crippen molar-refractivity contribution in [1.29, 1.82) is 0 Å². The number of hydrogen-bond donors (Lipinski definition) is 1. The second kappa shape index (κ2) is 7.50. The summed E-state index contributed by atoms with van der Waals surface area (Å²) in [4.78, 5) is 8.27. The van der Waals surface area contributed by atoms with Crippen LogP contribution in [0.3, 0.4) is 0 Å². The highest BCUT2D eigenvalue weighted by molar-refractivity contribution is 5.51. The third kappa shape index (κ3) is 4.02. The van der Waals surface area contributed by atoms with E-state index < -0.39 is 24.2 Å². The summed E-state index contributed by atoms with van der Waals surface area (Å²) in [5, 5.41) is 9.85. The minimum atomic E-state index is -4.84. The fourth-order valence-corrected chi connectivity index (χ4v) is 3.25. The number of halogens is 5. The predicted octanol–water partition coefficient (Wildman–Crippen LogP) is 4.85. The van der Waals surface area contributed by atoms with Crippen molar-refractivity contribution in [2.24, 2.45) is 0 Å². The molecule has 30 heavy (non-hydrogen) atoms. The van der Waals surface area contributed by atoms with Gasteiger partial charge in [-0.05, 0) is 31.4 Å². The monoisotopic (exact) mass is 427 g/mol. The Morgan fingerprint density at radius 1 is 1.10 bits per heavy atom. The van der Waals surface area contributed by atoms with Crippen molar-refractivity contribution >= 4 is 5.95 Å². The van der Waals surface area contributed by atoms with Gasteiger partial charge in [0.05, 0.1) is 5.54 Å². The summed E-state index contributed by atoms with van der Waals surface area (Å²) in [7, 11) is 0. The van der Waals surface area contributed by atoms with Gasteiger partial charge in [-0.3, -0.25) is 0 Å². The first-order valence-corrected chi connectivity index (χ1v) is 8.84. The average molecular weight is 427 g/mol. The molecule has 0 atom stereocenters. The fraction of sp³-hybridized carbons (Fsp3) is 0.333. The Bertz CT molecular complexity index is 1040. The Kier molecular flexibility index (Phi) is 5.00. The van der Waals surface area contributed by atoms with Gasteiger partial charge in [0.1, 0.15) is 11.4 Å². The van der Waals surface area contributed by atoms with Crippen LogP contribution in [0.4, 0.5) is 27.9 Å². The Labute approximate surface area is 166 Å². The SMILES string of the molecule is FC(F)c1nnc(-c2ccnc(NC3(c4ccccc4OC(F)(F)F)CCC3)n2)o1. The minimum Gasteiger partial charge on any atom is -0.414 e. The van der Waals surface area contributed by atoms with Crippen LogP contribution in [0, 0.1) is 0 Å². The maximum atomic E-state index is 12.8. The molecule has 1 aliphatic rings. The van der Waals surface area contributed by atoms with Crippen LogP contribution in [0.25, 0.3) is 11.6 Å². The smallest absolute Gasteiger partial charge is 0.414 e. The van der Waals surface area contributed by atoms with Crippen LogP contribution in [0.1, 0.15) is 37.1 Å². The third-order valence-corrected chi connectivity index (χ3v) is 4.69. The highest BCUT2D eigenvalue weighted by atomic mass is 19.4. The molecule has 1 fully saturated rings. The quantitative estimate of drug-likeness (QED) is 0.563. The third-order valence-electron chi connectivity index (χ3n) is 4.69. The lowest BCUT2D eigenvalue weighted by atomic mass is 9.71. The van der Waals surface area contributed by atoms with Gasteiger partial charge in [0, 0.05) is 11.8 Å². The summed E-state index contributed by atoms with van der Waals surface area (Å²) in [6, 6.07) is 7.24. The molecule has 1 aromatic carbocycles. The van der Waals surface area contributed by atoms with E-state index in [4.69, 9.17) is 4.42 Å². The van der Waals surface area contributed by atoms with Gasteiger partial charge in [0.15, 0.2) is 0 Å². The van der Waals surface area contributed by atoms with Crippen LogP contribution in [0.15, 0.2) is 40.9 Å². The number of alkyl halides is 5. The number of aromatic nitrogens is 4. The zero-order chi connectivity index (χ0) is 21.4. The summed E-state index contributed by atoms with van der Waals surface area (Å²) < 4.78 is 72.8. The van der Waals surface area contributed by atoms with Gasteiger partial charge in [-0.25, -0.2) is 9.97 Å². The van der Waals surface area contributed by atoms with E-state index in [1.807, 2.05) is 0 Å². The number of nitrogens with zero attached hydrogens (tertiary/aromatic N) is 4. The molecule has 7 nitrogen and oxygen atoms in total. The Balaban J connectivity index is 1.63. The number of anilines is 1. The van der Waals surface area contributed by atoms with Crippen molar-refractivity contribution in [2.75, 3.05) is 5.32 Å². The first-order valence-electron chi connectivity index (χ1n) is 8.84. The molecule has 1 N–H and O–H groups in total. The standard InChI is InChI=1S/C18H14F5N5O2/c19-13(20)15-28-27-14(29-15)11-6-9-24-16(25-11)26-17(7-3-8-17)10-4-1-2-5-12(10)30-18(21,22)23/h1-2,4-6,9,13H,3,7-8H2,(H,24,25,26). The molecule has 2 aromatic heterocycles. The van der Waals surface area contributed by atoms with Gasteiger partial charge in [-0.15, -0.1) is 23.4 Å². The first-order chi connectivity index (χ1) is 14.3. The molecule has 0 spiro atoms. The molecule has 0 aliphatic heterocycles. The summed E-state index contributed by atoms with van der Waals surface area (Å²) in [5.41, 5.74) is -0.453. The number of ether oxygens (including phenoxy) is 1. The molecule has 158 valence electrons. The topological polar surface area (TPSA) is 86.0 Å². The van der Waals surface area contributed by atoms with Gasteiger partial charge in [0.2, 0.25) is 5.95 Å². The molecular formula is C18H14F5N5O2. The normalized spacial score (nSPS) is 15.7. The second-order valence-electron chi connectivity index (χ2n) is 6.62. The van der Waals surface area contributed by atoms with Crippen LogP contribution < -0.4 is 10.1 Å². The fourth-order valence-electron chi connectivity index (χ4n) is 3.25. The lowest BCUT2D eigenvalue weighted by Gasteiger charge is -2.43. The van der Waals surface area contributed by atoms with E-state index in [1.165, 1.54) is 24.4 Å². The van der Waals surface area contributed by atoms with E-state index in [-0.39, 0.29) is 23.3 Å². The predicted molar refractivity (Wildman–Crippen MR) is 92.6 cm³/mol. The van der Waals surface area contributed by atoms with Crippen LogP contribution in [-0.2, 0) is 5.54 Å². The molecule has 0 saturated heterocycles. The Morgan fingerprint density at radius 2 is 1.87 bits per heavy atom. The Hall–Kier alpha value is -3.31. The maximum Gasteiger partial charge on any atom is 0.573 e. The van der Waals surface area contributed by atoms with Crippen molar-refractivity contribution in [3.05, 3.63) is 48.0 Å². The summed E-state index contributed by atoms with van der Waals surface area (Å²) in [6.07, 6.45) is -4.59. The first kappa shape index (κ1) is 20.0. The molecule has 0 bridgehead atoms. The molecule has 1 aliphatic carbocycles. The van der Waals surface area contributed by atoms with Crippen LogP contribution >= 0.6 is 0 Å². The van der Waals surface area contributed by atoms with Crippen molar-refractivity contribution in [1.82, 2.24) is 20.2 Å². The van der Waals surface area contributed by atoms with E-state index in [1.54, 1.807) is 12.1 Å². The summed E-state index contributed by atoms with van der Waals surface area (Å²) in [5.74, 6) is -1.30. The lowest BCUT2D eigenvalue weighted by Crippen LogP contribution is -2.43. The molecule has 1 saturated carbocycles. The van der Waals surface area contributed by atoms with E-state index in [0.29, 0.717) is 18.4 Å². The largest absolute Gasteiger partial charge is 0.573 e. The van der Waals surface area contributed by atoms with Gasteiger partial charge in [-0.1, -0.05) is 18.2 Å². The van der Waals surface area contributed by atoms with E-state index in [9.17, 15) is 22.0 Å². The van der Waals surface area contributed by atoms with Crippen LogP contribution in [0.2, 0.25) is 0 Å². The number of hydrogen-bond acceptors (Lipinski definition) is 7. The molecule has 2 heterocycles. The molecule has 12 heteroatoms. The van der Waals surface area contributed by atoms with Crippen molar-refractivity contribution in [2.45, 2.75) is 37.6 Å². The molecule has 0 amide bonds. The number of rotatable bonds is 6. The van der Waals surface area contributed by atoms with Crippen molar-refractivity contribution < 1.29 is 31.1 Å². The van der Waals surface area contributed by atoms with Gasteiger partial charge in [0.25, 0.3) is 11.8 Å². The molecule has 4 rings (SSSR count). The van der Waals surface area contributed by atoms with Gasteiger partial charge >= 0.3 is 12.8 Å². The number of benzene rings is 1. The van der Waals surface area contributed by atoms with Gasteiger partial charge in [-0.2, -0.15) is 8.78 Å². The molecular weight excluding hydrogens is 413 g/mol. The summed E-state index contributed by atoms with van der Waals surface area (Å²) in [6.45, 7) is 0. The lowest BCUT2D eigenvalue weighted by molar-refractivity contribution is -0.275. The number of nitrogens with one attached hydrogen (secondary N) is 1. The number of para-hydroxylation sites is 1. The van der Waals surface area contributed by atoms with E-state index >= 15 is 0 Å². The van der Waals surface area contributed by atoms with Crippen LogP contribution in [0.5, 0.6) is 5.75 Å². The Morgan fingerprint density at radius 3 is 2.50 bits per heavy atom. The minimum absolute atomic E-state index is 0.0748. The molecule has 0 radical (unpaired) electrons. The summed E-state index contributed by atoms with van der Waals surface area (Å²) >= 11 is 0. The molecule has 3 aromatic rings. The van der Waals surface area contributed by atoms with E-state index in [2.05, 4.69) is 30.2 Å². The second-order valence-corrected chi connectivity index (χ2v) is 6.62. The van der Waals surface area contributed by atoms with Crippen molar-refractivity contribution in [3.63, 3.8) is 0 Å². The zero-order valence-corrected chi connectivity index (χ0v) is 15.2. The van der Waals surface area contributed by atoms with Gasteiger partial charge < -0.3 is 14.5 Å². The highest BCUT2D eigenvalue weighted by Gasteiger charge is 2.43. The van der Waals surface area contributed by atoms with Crippen LogP contribution in [-0.4, -0.2) is 26.5 Å². The van der Waals surface area contributed by atoms with E-state index in [0.717, 1.165) is 6.42 Å². The maximum absolute atomic E-state index is 12.8. The molecule has 0 unspecified atom stereocenters. The zero-order valence-electron chi connectivity index (χ0n) is 15.2. The van der Waals surface area contributed by atoms with Crippen molar-refractivity contribution in [3.8, 4) is 17.3 Å². The highest BCUT2D eigenvalue weighted by Crippen LogP contribution is 2.47. The average Bonchev–Trinajstić information content (AvgIpc) is 3.15.